The van der Waals surface area contributed by atoms with Gasteiger partial charge in [0.1, 0.15) is 0 Å². The summed E-state index contributed by atoms with van der Waals surface area (Å²) in [6, 6.07) is 0. The third-order valence-corrected chi connectivity index (χ3v) is 5.27. The van der Waals surface area contributed by atoms with E-state index in [1.165, 1.54) is 4.31 Å². The van der Waals surface area contributed by atoms with Crippen LogP contribution in [0.25, 0.3) is 0 Å². The van der Waals surface area contributed by atoms with Crippen LogP contribution in [0.3, 0.4) is 0 Å². The first-order valence-corrected chi connectivity index (χ1v) is 8.29. The van der Waals surface area contributed by atoms with Crippen LogP contribution in [0.1, 0.15) is 6.92 Å². The Hall–Kier alpha value is -0.0200. The van der Waals surface area contributed by atoms with Crippen LogP contribution in [-0.4, -0.2) is 61.2 Å². The standard InChI is InChI=1S/C8H19N3O3S2/c1-2-15(12)8-5-10-16(13,14)11-6-3-9-4-7-11/h9-10H,2-8H2,1H3. The first kappa shape index (κ1) is 14.0. The van der Waals surface area contributed by atoms with Crippen molar-refractivity contribution in [3.05, 3.63) is 0 Å². The molecular weight excluding hydrogens is 250 g/mol. The summed E-state index contributed by atoms with van der Waals surface area (Å²) in [5.41, 5.74) is 0. The number of hydrogen-bond acceptors (Lipinski definition) is 4. The van der Waals surface area contributed by atoms with Crippen molar-refractivity contribution in [2.45, 2.75) is 6.92 Å². The predicted molar refractivity (Wildman–Crippen MR) is 64.9 cm³/mol. The Kier molecular flexibility index (Phi) is 5.84. The molecule has 0 radical (unpaired) electrons. The molecule has 0 aliphatic carbocycles. The lowest BCUT2D eigenvalue weighted by molar-refractivity contribution is 0.355. The van der Waals surface area contributed by atoms with Gasteiger partial charge in [0, 0.05) is 55.0 Å². The second kappa shape index (κ2) is 6.65. The molecular formula is C8H19N3O3S2. The van der Waals surface area contributed by atoms with Crippen molar-refractivity contribution in [2.75, 3.05) is 44.2 Å². The summed E-state index contributed by atoms with van der Waals surface area (Å²) in [6.07, 6.45) is 0. The van der Waals surface area contributed by atoms with E-state index in [1.807, 2.05) is 6.92 Å². The molecule has 0 aromatic heterocycles. The van der Waals surface area contributed by atoms with E-state index < -0.39 is 21.0 Å². The molecule has 0 saturated carbocycles. The van der Waals surface area contributed by atoms with Gasteiger partial charge < -0.3 is 5.32 Å². The van der Waals surface area contributed by atoms with E-state index in [1.54, 1.807) is 0 Å². The molecule has 1 atom stereocenters. The van der Waals surface area contributed by atoms with Gasteiger partial charge in [-0.1, -0.05) is 6.92 Å². The molecule has 1 fully saturated rings. The van der Waals surface area contributed by atoms with Gasteiger partial charge in [-0.2, -0.15) is 12.7 Å². The molecule has 8 heteroatoms. The first-order chi connectivity index (χ1) is 7.56. The highest BCUT2D eigenvalue weighted by atomic mass is 32.2. The molecule has 0 spiro atoms. The molecule has 0 aromatic carbocycles. The molecule has 1 aliphatic heterocycles. The number of hydrogen-bond donors (Lipinski definition) is 2. The molecule has 1 saturated heterocycles. The Morgan fingerprint density at radius 2 is 2.00 bits per heavy atom. The SMILES string of the molecule is CCS(=O)CCNS(=O)(=O)N1CCNCC1. The van der Waals surface area contributed by atoms with Crippen molar-refractivity contribution in [3.63, 3.8) is 0 Å². The fraction of sp³-hybridized carbons (Fsp3) is 1.00. The molecule has 0 amide bonds. The van der Waals surface area contributed by atoms with E-state index in [9.17, 15) is 12.6 Å². The third kappa shape index (κ3) is 4.46. The van der Waals surface area contributed by atoms with Gasteiger partial charge in [0.15, 0.2) is 0 Å². The smallest absolute Gasteiger partial charge is 0.279 e. The Morgan fingerprint density at radius 3 is 2.56 bits per heavy atom. The maximum Gasteiger partial charge on any atom is 0.279 e. The lowest BCUT2D eigenvalue weighted by Gasteiger charge is -2.26. The monoisotopic (exact) mass is 269 g/mol. The first-order valence-electron chi connectivity index (χ1n) is 5.36. The van der Waals surface area contributed by atoms with Gasteiger partial charge in [-0.15, -0.1) is 0 Å². The fourth-order valence-electron chi connectivity index (χ4n) is 1.40. The Labute approximate surface area is 99.4 Å². The minimum atomic E-state index is -3.38. The molecule has 96 valence electrons. The van der Waals surface area contributed by atoms with E-state index in [0.717, 1.165) is 0 Å². The van der Waals surface area contributed by atoms with Gasteiger partial charge >= 0.3 is 0 Å². The van der Waals surface area contributed by atoms with Crippen LogP contribution in [0, 0.1) is 0 Å². The van der Waals surface area contributed by atoms with E-state index in [-0.39, 0.29) is 6.54 Å². The number of rotatable bonds is 6. The zero-order chi connectivity index (χ0) is 12.0. The third-order valence-electron chi connectivity index (χ3n) is 2.35. The van der Waals surface area contributed by atoms with Crippen LogP contribution < -0.4 is 10.0 Å². The minimum absolute atomic E-state index is 0.243. The number of nitrogens with zero attached hydrogens (tertiary/aromatic N) is 1. The van der Waals surface area contributed by atoms with E-state index in [2.05, 4.69) is 10.0 Å². The van der Waals surface area contributed by atoms with Crippen molar-refractivity contribution in [1.29, 1.82) is 0 Å². The van der Waals surface area contributed by atoms with Gasteiger partial charge in [-0.25, -0.2) is 4.72 Å². The minimum Gasteiger partial charge on any atom is -0.314 e. The van der Waals surface area contributed by atoms with Crippen molar-refractivity contribution >= 4 is 21.0 Å². The molecule has 1 aliphatic rings. The highest BCUT2D eigenvalue weighted by Gasteiger charge is 2.22. The maximum absolute atomic E-state index is 11.7. The summed E-state index contributed by atoms with van der Waals surface area (Å²) < 4.78 is 38.5. The topological polar surface area (TPSA) is 78.5 Å². The Balaban J connectivity index is 2.36. The maximum atomic E-state index is 11.7. The molecule has 0 aromatic rings. The highest BCUT2D eigenvalue weighted by Crippen LogP contribution is 1.99. The Morgan fingerprint density at radius 1 is 1.38 bits per heavy atom. The summed E-state index contributed by atoms with van der Waals surface area (Å²) >= 11 is 0. The average Bonchev–Trinajstić information content (AvgIpc) is 2.30. The van der Waals surface area contributed by atoms with Crippen LogP contribution in [-0.2, 0) is 21.0 Å². The molecule has 0 bridgehead atoms. The fourth-order valence-corrected chi connectivity index (χ4v) is 3.36. The van der Waals surface area contributed by atoms with Crippen molar-refractivity contribution in [3.8, 4) is 0 Å². The van der Waals surface area contributed by atoms with Crippen LogP contribution in [0.15, 0.2) is 0 Å². The number of piperazine rings is 1. The van der Waals surface area contributed by atoms with Gasteiger partial charge in [-0.3, -0.25) is 4.21 Å². The Bertz CT molecular complexity index is 325. The molecule has 2 N–H and O–H groups in total. The largest absolute Gasteiger partial charge is 0.314 e. The van der Waals surface area contributed by atoms with Crippen molar-refractivity contribution < 1.29 is 12.6 Å². The van der Waals surface area contributed by atoms with Crippen LogP contribution >= 0.6 is 0 Å². The molecule has 16 heavy (non-hydrogen) atoms. The number of nitrogens with one attached hydrogen (secondary N) is 2. The normalized spacial score (nSPS) is 20.8. The van der Waals surface area contributed by atoms with E-state index in [0.29, 0.717) is 37.7 Å². The van der Waals surface area contributed by atoms with E-state index >= 15 is 0 Å². The summed E-state index contributed by atoms with van der Waals surface area (Å²) in [5, 5.41) is 3.09. The van der Waals surface area contributed by atoms with Crippen molar-refractivity contribution in [2.24, 2.45) is 0 Å². The summed E-state index contributed by atoms with van der Waals surface area (Å²) in [4.78, 5) is 0. The van der Waals surface area contributed by atoms with E-state index in [4.69, 9.17) is 0 Å². The quantitative estimate of drug-likeness (QED) is 0.615. The zero-order valence-corrected chi connectivity index (χ0v) is 11.1. The van der Waals surface area contributed by atoms with Gasteiger partial charge in [0.05, 0.1) is 0 Å². The van der Waals surface area contributed by atoms with Crippen molar-refractivity contribution in [1.82, 2.24) is 14.3 Å². The molecule has 1 rings (SSSR count). The summed E-state index contributed by atoms with van der Waals surface area (Å²) in [5.74, 6) is 0.942. The van der Waals surface area contributed by atoms with Crippen LogP contribution in [0.2, 0.25) is 0 Å². The zero-order valence-electron chi connectivity index (χ0n) is 9.44. The molecule has 1 unspecified atom stereocenters. The van der Waals surface area contributed by atoms with Gasteiger partial charge in [0.25, 0.3) is 10.2 Å². The highest BCUT2D eigenvalue weighted by molar-refractivity contribution is 7.87. The summed E-state index contributed by atoms with van der Waals surface area (Å²) in [7, 11) is -4.30. The second-order valence-corrected chi connectivity index (χ2v) is 7.10. The van der Waals surface area contributed by atoms with Gasteiger partial charge in [0.2, 0.25) is 0 Å². The molecule has 1 heterocycles. The van der Waals surface area contributed by atoms with Crippen LogP contribution in [0.5, 0.6) is 0 Å². The van der Waals surface area contributed by atoms with Gasteiger partial charge in [-0.05, 0) is 0 Å². The lowest BCUT2D eigenvalue weighted by Crippen LogP contribution is -2.50. The van der Waals surface area contributed by atoms with Crippen LogP contribution in [0.4, 0.5) is 0 Å². The second-order valence-electron chi connectivity index (χ2n) is 3.48. The predicted octanol–water partition coefficient (Wildman–Crippen LogP) is -1.51. The lowest BCUT2D eigenvalue weighted by atomic mass is 10.4. The summed E-state index contributed by atoms with van der Waals surface area (Å²) in [6.45, 7) is 4.41. The molecule has 6 nitrogen and oxygen atoms in total. The average molecular weight is 269 g/mol.